The van der Waals surface area contributed by atoms with E-state index in [1.165, 1.54) is 7.11 Å². The van der Waals surface area contributed by atoms with Crippen molar-refractivity contribution in [2.45, 2.75) is 13.0 Å². The lowest BCUT2D eigenvalue weighted by molar-refractivity contribution is -0.140. The standard InChI is InChI=1S/C12H16N2O4/c1-7-8(4-3-5-9(7)13)11(15)14-10(6-18-2)12(16)17/h3-5,10H,6,13H2,1-2H3,(H,14,15)(H,16,17). The van der Waals surface area contributed by atoms with Crippen LogP contribution >= 0.6 is 0 Å². The summed E-state index contributed by atoms with van der Waals surface area (Å²) in [4.78, 5) is 22.8. The molecule has 1 atom stereocenters. The van der Waals surface area contributed by atoms with Gasteiger partial charge in [0.15, 0.2) is 6.04 Å². The molecular weight excluding hydrogens is 236 g/mol. The van der Waals surface area contributed by atoms with Crippen molar-refractivity contribution in [2.24, 2.45) is 0 Å². The van der Waals surface area contributed by atoms with Crippen LogP contribution in [0.25, 0.3) is 0 Å². The molecule has 6 heteroatoms. The first-order valence-electron chi connectivity index (χ1n) is 5.35. The molecule has 0 saturated heterocycles. The summed E-state index contributed by atoms with van der Waals surface area (Å²) in [6, 6.07) is 3.83. The molecule has 0 spiro atoms. The number of hydrogen-bond donors (Lipinski definition) is 3. The van der Waals surface area contributed by atoms with Crippen LogP contribution in [0.5, 0.6) is 0 Å². The number of hydrogen-bond acceptors (Lipinski definition) is 4. The van der Waals surface area contributed by atoms with E-state index in [0.29, 0.717) is 16.8 Å². The van der Waals surface area contributed by atoms with Gasteiger partial charge in [-0.2, -0.15) is 0 Å². The molecule has 0 aliphatic heterocycles. The maximum Gasteiger partial charge on any atom is 0.328 e. The van der Waals surface area contributed by atoms with Crippen LogP contribution in [0.2, 0.25) is 0 Å². The Morgan fingerprint density at radius 1 is 1.50 bits per heavy atom. The highest BCUT2D eigenvalue weighted by molar-refractivity contribution is 5.98. The van der Waals surface area contributed by atoms with Crippen LogP contribution in [0.3, 0.4) is 0 Å². The van der Waals surface area contributed by atoms with E-state index in [4.69, 9.17) is 15.6 Å². The zero-order valence-corrected chi connectivity index (χ0v) is 10.3. The molecule has 1 aromatic carbocycles. The van der Waals surface area contributed by atoms with Gasteiger partial charge in [0.1, 0.15) is 0 Å². The van der Waals surface area contributed by atoms with Gasteiger partial charge in [0.2, 0.25) is 0 Å². The Bertz CT molecular complexity index is 459. The van der Waals surface area contributed by atoms with E-state index < -0.39 is 17.9 Å². The highest BCUT2D eigenvalue weighted by atomic mass is 16.5. The summed E-state index contributed by atoms with van der Waals surface area (Å²) < 4.78 is 4.74. The second-order valence-electron chi connectivity index (χ2n) is 3.84. The maximum absolute atomic E-state index is 11.9. The molecule has 18 heavy (non-hydrogen) atoms. The second kappa shape index (κ2) is 6.02. The van der Waals surface area contributed by atoms with E-state index in [1.54, 1.807) is 25.1 Å². The van der Waals surface area contributed by atoms with Crippen LogP contribution in [0.15, 0.2) is 18.2 Å². The number of aliphatic carboxylic acids is 1. The number of nitrogens with one attached hydrogen (secondary N) is 1. The summed E-state index contributed by atoms with van der Waals surface area (Å²) in [5.41, 5.74) is 7.15. The van der Waals surface area contributed by atoms with E-state index in [1.807, 2.05) is 0 Å². The molecule has 98 valence electrons. The molecule has 6 nitrogen and oxygen atoms in total. The van der Waals surface area contributed by atoms with Crippen LogP contribution in [0.4, 0.5) is 5.69 Å². The molecule has 1 rings (SSSR count). The molecule has 0 aliphatic rings. The van der Waals surface area contributed by atoms with Gasteiger partial charge in [-0.05, 0) is 24.6 Å². The fraction of sp³-hybridized carbons (Fsp3) is 0.333. The Labute approximate surface area is 105 Å². The third-order valence-electron chi connectivity index (χ3n) is 2.56. The third-order valence-corrected chi connectivity index (χ3v) is 2.56. The van der Waals surface area contributed by atoms with Gasteiger partial charge in [0, 0.05) is 18.4 Å². The first-order chi connectivity index (χ1) is 8.47. The predicted molar refractivity (Wildman–Crippen MR) is 66.4 cm³/mol. The first kappa shape index (κ1) is 14.0. The average molecular weight is 252 g/mol. The first-order valence-corrected chi connectivity index (χ1v) is 5.35. The second-order valence-corrected chi connectivity index (χ2v) is 3.84. The summed E-state index contributed by atoms with van der Waals surface area (Å²) in [6.45, 7) is 1.61. The highest BCUT2D eigenvalue weighted by Gasteiger charge is 2.21. The average Bonchev–Trinajstić information content (AvgIpc) is 2.31. The van der Waals surface area contributed by atoms with Gasteiger partial charge in [0.05, 0.1) is 6.61 Å². The van der Waals surface area contributed by atoms with Crippen LogP contribution in [0, 0.1) is 6.92 Å². The van der Waals surface area contributed by atoms with Crippen molar-refractivity contribution in [2.75, 3.05) is 19.5 Å². The van der Waals surface area contributed by atoms with Crippen molar-refractivity contribution in [1.82, 2.24) is 5.32 Å². The van der Waals surface area contributed by atoms with Gasteiger partial charge < -0.3 is 20.9 Å². The van der Waals surface area contributed by atoms with E-state index in [-0.39, 0.29) is 6.61 Å². The summed E-state index contributed by atoms with van der Waals surface area (Å²) in [5.74, 6) is -1.63. The third kappa shape index (κ3) is 3.21. The Hall–Kier alpha value is -2.08. The van der Waals surface area contributed by atoms with Gasteiger partial charge in [0.25, 0.3) is 5.91 Å². The number of nitrogen functional groups attached to an aromatic ring is 1. The Morgan fingerprint density at radius 3 is 2.72 bits per heavy atom. The lowest BCUT2D eigenvalue weighted by Crippen LogP contribution is -2.44. The molecule has 4 N–H and O–H groups in total. The van der Waals surface area contributed by atoms with Crippen LogP contribution in [0.1, 0.15) is 15.9 Å². The number of rotatable bonds is 5. The summed E-state index contributed by atoms with van der Waals surface area (Å²) in [6.07, 6.45) is 0. The van der Waals surface area contributed by atoms with Crippen molar-refractivity contribution >= 4 is 17.6 Å². The van der Waals surface area contributed by atoms with Crippen molar-refractivity contribution in [3.05, 3.63) is 29.3 Å². The van der Waals surface area contributed by atoms with Crippen molar-refractivity contribution < 1.29 is 19.4 Å². The largest absolute Gasteiger partial charge is 0.480 e. The number of carbonyl (C=O) groups is 2. The summed E-state index contributed by atoms with van der Waals surface area (Å²) in [7, 11) is 1.37. The van der Waals surface area contributed by atoms with E-state index in [2.05, 4.69) is 5.32 Å². The molecule has 0 aliphatic carbocycles. The Kier molecular flexibility index (Phi) is 4.67. The highest BCUT2D eigenvalue weighted by Crippen LogP contribution is 2.15. The van der Waals surface area contributed by atoms with Crippen molar-refractivity contribution in [3.8, 4) is 0 Å². The topological polar surface area (TPSA) is 102 Å². The Morgan fingerprint density at radius 2 is 2.17 bits per heavy atom. The van der Waals surface area contributed by atoms with Gasteiger partial charge >= 0.3 is 5.97 Å². The molecule has 1 aromatic rings. The molecule has 0 heterocycles. The number of methoxy groups -OCH3 is 1. The number of carboxylic acids is 1. The van der Waals surface area contributed by atoms with E-state index in [9.17, 15) is 9.59 Å². The quantitative estimate of drug-likeness (QED) is 0.659. The van der Waals surface area contributed by atoms with Gasteiger partial charge in [-0.15, -0.1) is 0 Å². The smallest absolute Gasteiger partial charge is 0.328 e. The van der Waals surface area contributed by atoms with Gasteiger partial charge in [-0.3, -0.25) is 4.79 Å². The predicted octanol–water partition coefficient (Wildman–Crippen LogP) is 0.407. The molecular formula is C12H16N2O4. The van der Waals surface area contributed by atoms with Crippen LogP contribution in [-0.4, -0.2) is 36.7 Å². The molecule has 0 fully saturated rings. The fourth-order valence-electron chi connectivity index (χ4n) is 1.48. The normalized spacial score (nSPS) is 11.9. The number of ether oxygens (including phenoxy) is 1. The minimum Gasteiger partial charge on any atom is -0.480 e. The lowest BCUT2D eigenvalue weighted by Gasteiger charge is -2.15. The number of nitrogens with two attached hydrogens (primary N) is 1. The molecule has 0 aromatic heterocycles. The molecule has 0 saturated carbocycles. The number of amides is 1. The molecule has 0 bridgehead atoms. The number of anilines is 1. The minimum absolute atomic E-state index is 0.0948. The monoisotopic (exact) mass is 252 g/mol. The zero-order chi connectivity index (χ0) is 13.7. The number of carboxylic acid groups (broad SMARTS) is 1. The summed E-state index contributed by atoms with van der Waals surface area (Å²) in [5, 5.41) is 11.3. The van der Waals surface area contributed by atoms with E-state index >= 15 is 0 Å². The summed E-state index contributed by atoms with van der Waals surface area (Å²) >= 11 is 0. The molecule has 1 amide bonds. The lowest BCUT2D eigenvalue weighted by atomic mass is 10.1. The SMILES string of the molecule is COCC(NC(=O)c1cccc(N)c1C)C(=O)O. The minimum atomic E-state index is -1.15. The van der Waals surface area contributed by atoms with Crippen molar-refractivity contribution in [3.63, 3.8) is 0 Å². The van der Waals surface area contributed by atoms with Crippen LogP contribution < -0.4 is 11.1 Å². The number of benzene rings is 1. The van der Waals surface area contributed by atoms with E-state index in [0.717, 1.165) is 0 Å². The number of carbonyl (C=O) groups excluding carboxylic acids is 1. The molecule has 1 unspecified atom stereocenters. The van der Waals surface area contributed by atoms with Gasteiger partial charge in [-0.1, -0.05) is 6.07 Å². The van der Waals surface area contributed by atoms with Crippen molar-refractivity contribution in [1.29, 1.82) is 0 Å². The van der Waals surface area contributed by atoms with Crippen LogP contribution in [-0.2, 0) is 9.53 Å². The van der Waals surface area contributed by atoms with Gasteiger partial charge in [-0.25, -0.2) is 4.79 Å². The Balaban J connectivity index is 2.87. The fourth-order valence-corrected chi connectivity index (χ4v) is 1.48. The maximum atomic E-state index is 11.9. The zero-order valence-electron chi connectivity index (χ0n) is 10.3. The molecule has 0 radical (unpaired) electrons.